The smallest absolute Gasteiger partial charge is 0.408 e. The number of carbonyl (C=O) groups is 4. The molecule has 0 aliphatic heterocycles. The Morgan fingerprint density at radius 1 is 1.27 bits per heavy atom. The summed E-state index contributed by atoms with van der Waals surface area (Å²) in [4.78, 5) is 44.1. The highest BCUT2D eigenvalue weighted by Crippen LogP contribution is 2.06. The lowest BCUT2D eigenvalue weighted by Crippen LogP contribution is -2.40. The Kier molecular flexibility index (Phi) is 7.43. The van der Waals surface area contributed by atoms with Gasteiger partial charge in [0.15, 0.2) is 6.17 Å². The highest BCUT2D eigenvalue weighted by Gasteiger charge is 2.26. The van der Waals surface area contributed by atoms with Crippen molar-refractivity contribution in [2.45, 2.75) is 45.0 Å². The molecule has 2 atom stereocenters. The number of ether oxygens (including phenoxy) is 2. The van der Waals surface area contributed by atoms with Crippen LogP contribution in [0.1, 0.15) is 27.2 Å². The number of hydrogen-bond acceptors (Lipinski definition) is 7. The van der Waals surface area contributed by atoms with Crippen molar-refractivity contribution in [3.8, 4) is 0 Å². The van der Waals surface area contributed by atoms with Crippen LogP contribution in [0.25, 0.3) is 0 Å². The van der Waals surface area contributed by atoms with E-state index in [-0.39, 0.29) is 0 Å². The first-order valence-corrected chi connectivity index (χ1v) is 6.26. The maximum atomic E-state index is 12.8. The summed E-state index contributed by atoms with van der Waals surface area (Å²) in [5.74, 6) is -4.21. The van der Waals surface area contributed by atoms with Gasteiger partial charge in [-0.15, -0.1) is 0 Å². The fourth-order valence-corrected chi connectivity index (χ4v) is 1.10. The van der Waals surface area contributed by atoms with Gasteiger partial charge in [-0.25, -0.2) is 23.6 Å². The molecule has 0 aromatic rings. The van der Waals surface area contributed by atoms with Gasteiger partial charge in [-0.3, -0.25) is 0 Å². The lowest BCUT2D eigenvalue weighted by Gasteiger charge is -2.19. The second kappa shape index (κ2) is 8.27. The van der Waals surface area contributed by atoms with Gasteiger partial charge in [-0.05, 0) is 20.8 Å². The van der Waals surface area contributed by atoms with Crippen LogP contribution in [-0.4, -0.2) is 53.5 Å². The predicted octanol–water partition coefficient (Wildman–Crippen LogP) is -0.279. The second-order valence-electron chi connectivity index (χ2n) is 5.30. The van der Waals surface area contributed by atoms with Crippen LogP contribution < -0.4 is 11.1 Å². The molecular weight excluding hydrogens is 303 g/mol. The highest BCUT2D eigenvalue weighted by atomic mass is 19.1. The third-order valence-corrected chi connectivity index (χ3v) is 2.02. The largest absolute Gasteiger partial charge is 0.479 e. The molecular formula is C12H19FN2O7. The van der Waals surface area contributed by atoms with Crippen LogP contribution in [0.5, 0.6) is 0 Å². The highest BCUT2D eigenvalue weighted by molar-refractivity contribution is 5.90. The number of carboxylic acids is 1. The molecule has 0 saturated heterocycles. The van der Waals surface area contributed by atoms with Crippen LogP contribution in [-0.2, 0) is 23.9 Å². The van der Waals surface area contributed by atoms with E-state index in [9.17, 15) is 23.6 Å². The zero-order chi connectivity index (χ0) is 17.5. The van der Waals surface area contributed by atoms with Gasteiger partial charge >= 0.3 is 24.0 Å². The van der Waals surface area contributed by atoms with Gasteiger partial charge in [0.05, 0.1) is 0 Å². The van der Waals surface area contributed by atoms with Crippen molar-refractivity contribution in [3.05, 3.63) is 0 Å². The summed E-state index contributed by atoms with van der Waals surface area (Å²) >= 11 is 0. The quantitative estimate of drug-likeness (QED) is 0.447. The van der Waals surface area contributed by atoms with Crippen molar-refractivity contribution in [1.29, 1.82) is 0 Å². The third kappa shape index (κ3) is 8.84. The van der Waals surface area contributed by atoms with E-state index >= 15 is 0 Å². The molecule has 1 unspecified atom stereocenters. The molecule has 4 N–H and O–H groups in total. The van der Waals surface area contributed by atoms with Crippen LogP contribution in [0.2, 0.25) is 0 Å². The van der Waals surface area contributed by atoms with E-state index in [0.29, 0.717) is 0 Å². The number of amides is 1. The van der Waals surface area contributed by atoms with Crippen LogP contribution in [0, 0.1) is 0 Å². The average Bonchev–Trinajstić information content (AvgIpc) is 2.33. The van der Waals surface area contributed by atoms with Gasteiger partial charge in [0.25, 0.3) is 0 Å². The molecule has 0 aliphatic carbocycles. The van der Waals surface area contributed by atoms with Crippen LogP contribution >= 0.6 is 0 Å². The normalized spacial score (nSPS) is 13.7. The Morgan fingerprint density at radius 3 is 2.27 bits per heavy atom. The zero-order valence-electron chi connectivity index (χ0n) is 12.4. The Labute approximate surface area is 125 Å². The van der Waals surface area contributed by atoms with Crippen LogP contribution in [0.15, 0.2) is 0 Å². The topological polar surface area (TPSA) is 145 Å². The standard InChI is InChI=1S/C12H19FN2O7/c1-12(2,3)22-11(20)15-5-8(16)21-10(19)7(14)4-6(13)9(17)18/h6-7H,4-5,14H2,1-3H3,(H,15,20)(H,17,18)/t6?,7-/m0/s1. The number of hydrogen-bond donors (Lipinski definition) is 3. The summed E-state index contributed by atoms with van der Waals surface area (Å²) in [6, 6.07) is -1.61. The average molecular weight is 322 g/mol. The maximum Gasteiger partial charge on any atom is 0.408 e. The predicted molar refractivity (Wildman–Crippen MR) is 70.5 cm³/mol. The molecule has 0 spiro atoms. The van der Waals surface area contributed by atoms with Gasteiger partial charge in [0.1, 0.15) is 18.2 Å². The van der Waals surface area contributed by atoms with E-state index < -0.39 is 54.8 Å². The van der Waals surface area contributed by atoms with E-state index in [2.05, 4.69) is 4.74 Å². The number of alkyl carbamates (subject to hydrolysis) is 1. The van der Waals surface area contributed by atoms with E-state index in [1.54, 1.807) is 20.8 Å². The van der Waals surface area contributed by atoms with Crippen molar-refractivity contribution < 1.29 is 38.1 Å². The first-order chi connectivity index (χ1) is 9.92. The molecule has 0 aliphatic rings. The summed E-state index contributed by atoms with van der Waals surface area (Å²) in [6.07, 6.45) is -4.07. The zero-order valence-corrected chi connectivity index (χ0v) is 12.4. The van der Waals surface area contributed by atoms with Crippen LogP contribution in [0.4, 0.5) is 9.18 Å². The number of halogens is 1. The molecule has 9 nitrogen and oxygen atoms in total. The Bertz CT molecular complexity index is 447. The molecule has 1 amide bonds. The van der Waals surface area contributed by atoms with Crippen LogP contribution in [0.3, 0.4) is 0 Å². The first-order valence-electron chi connectivity index (χ1n) is 6.26. The minimum atomic E-state index is -2.35. The van der Waals surface area contributed by atoms with E-state index in [1.807, 2.05) is 5.32 Å². The van der Waals surface area contributed by atoms with E-state index in [0.717, 1.165) is 0 Å². The molecule has 0 aromatic carbocycles. The van der Waals surface area contributed by atoms with Crippen molar-refractivity contribution in [1.82, 2.24) is 5.32 Å². The first kappa shape index (κ1) is 19.8. The van der Waals surface area contributed by atoms with Crippen molar-refractivity contribution in [2.24, 2.45) is 5.73 Å². The number of carboxylic acid groups (broad SMARTS) is 1. The van der Waals surface area contributed by atoms with Crippen molar-refractivity contribution in [2.75, 3.05) is 6.54 Å². The molecule has 0 radical (unpaired) electrons. The molecule has 0 saturated carbocycles. The fourth-order valence-electron chi connectivity index (χ4n) is 1.10. The Hall–Kier alpha value is -2.23. The lowest BCUT2D eigenvalue weighted by molar-refractivity contribution is -0.160. The summed E-state index contributed by atoms with van der Waals surface area (Å²) in [6.45, 7) is 4.18. The summed E-state index contributed by atoms with van der Waals surface area (Å²) in [5, 5.41) is 10.4. The summed E-state index contributed by atoms with van der Waals surface area (Å²) in [7, 11) is 0. The number of nitrogens with one attached hydrogen (secondary N) is 1. The molecule has 10 heteroatoms. The van der Waals surface area contributed by atoms with Gasteiger partial charge in [-0.2, -0.15) is 0 Å². The maximum absolute atomic E-state index is 12.8. The van der Waals surface area contributed by atoms with Crippen molar-refractivity contribution in [3.63, 3.8) is 0 Å². The molecule has 0 fully saturated rings. The fraction of sp³-hybridized carbons (Fsp3) is 0.667. The SMILES string of the molecule is CC(C)(C)OC(=O)NCC(=O)OC(=O)[C@@H](N)CC(F)C(=O)O. The molecule has 0 bridgehead atoms. The second-order valence-corrected chi connectivity index (χ2v) is 5.30. The number of carbonyl (C=O) groups excluding carboxylic acids is 3. The molecule has 0 heterocycles. The minimum absolute atomic E-state index is 0.661. The number of esters is 2. The van der Waals surface area contributed by atoms with Gasteiger partial charge in [0.2, 0.25) is 0 Å². The molecule has 0 aromatic heterocycles. The minimum Gasteiger partial charge on any atom is -0.479 e. The van der Waals surface area contributed by atoms with Gasteiger partial charge < -0.3 is 25.6 Å². The molecule has 0 rings (SSSR count). The number of nitrogens with two attached hydrogens (primary N) is 1. The van der Waals surface area contributed by atoms with Gasteiger partial charge in [0, 0.05) is 6.42 Å². The summed E-state index contributed by atoms with van der Waals surface area (Å²) < 4.78 is 21.9. The number of aliphatic carboxylic acids is 1. The Morgan fingerprint density at radius 2 is 1.82 bits per heavy atom. The third-order valence-electron chi connectivity index (χ3n) is 2.02. The van der Waals surface area contributed by atoms with E-state index in [1.165, 1.54) is 0 Å². The number of rotatable bonds is 6. The van der Waals surface area contributed by atoms with Crippen molar-refractivity contribution >= 4 is 24.0 Å². The van der Waals surface area contributed by atoms with E-state index in [4.69, 9.17) is 15.6 Å². The molecule has 22 heavy (non-hydrogen) atoms. The Balaban J connectivity index is 4.18. The molecule has 126 valence electrons. The number of alkyl halides is 1. The monoisotopic (exact) mass is 322 g/mol. The summed E-state index contributed by atoms with van der Waals surface area (Å²) in [5.41, 5.74) is 4.44. The lowest BCUT2D eigenvalue weighted by atomic mass is 10.1. The van der Waals surface area contributed by atoms with Gasteiger partial charge in [-0.1, -0.05) is 0 Å².